The molecule has 0 bridgehead atoms. The first-order chi connectivity index (χ1) is 17.8. The molecule has 1 heterocycles. The van der Waals surface area contributed by atoms with Crippen molar-refractivity contribution >= 4 is 55.7 Å². The zero-order chi connectivity index (χ0) is 26.0. The molecule has 0 saturated carbocycles. The highest BCUT2D eigenvalue weighted by molar-refractivity contribution is 7.92. The third kappa shape index (κ3) is 5.35. The molecule has 0 aliphatic carbocycles. The van der Waals surface area contributed by atoms with Crippen LogP contribution < -0.4 is 10.0 Å². The first-order valence-corrected chi connectivity index (χ1v) is 12.8. The van der Waals surface area contributed by atoms with E-state index in [2.05, 4.69) is 20.0 Å². The highest BCUT2D eigenvalue weighted by Crippen LogP contribution is 2.30. The first-order valence-electron chi connectivity index (χ1n) is 11.0. The maximum atomic E-state index is 13.1. The van der Waals surface area contributed by atoms with Crippen LogP contribution in [-0.2, 0) is 10.0 Å². The molecule has 11 heteroatoms. The zero-order valence-electron chi connectivity index (χ0n) is 19.0. The van der Waals surface area contributed by atoms with E-state index in [1.54, 1.807) is 36.4 Å². The van der Waals surface area contributed by atoms with E-state index < -0.39 is 14.9 Å². The van der Waals surface area contributed by atoms with Crippen molar-refractivity contribution in [2.75, 3.05) is 10.0 Å². The minimum atomic E-state index is -3.98. The van der Waals surface area contributed by atoms with Crippen molar-refractivity contribution in [2.45, 2.75) is 4.90 Å². The van der Waals surface area contributed by atoms with Gasteiger partial charge in [-0.3, -0.25) is 14.8 Å². The lowest BCUT2D eigenvalue weighted by Crippen LogP contribution is -2.16. The number of halogens is 1. The van der Waals surface area contributed by atoms with Gasteiger partial charge in [0.1, 0.15) is 0 Å². The van der Waals surface area contributed by atoms with Gasteiger partial charge >= 0.3 is 0 Å². The summed E-state index contributed by atoms with van der Waals surface area (Å²) in [7, 11) is -3.98. The molecule has 0 fully saturated rings. The molecule has 0 amide bonds. The van der Waals surface area contributed by atoms with Crippen LogP contribution >= 0.6 is 11.6 Å². The third-order valence-corrected chi connectivity index (χ3v) is 7.07. The van der Waals surface area contributed by atoms with Crippen LogP contribution in [0.1, 0.15) is 0 Å². The fraction of sp³-hybridized carbons (Fsp3) is 0. The summed E-state index contributed by atoms with van der Waals surface area (Å²) in [4.78, 5) is 19.6. The number of fused-ring (bicyclic) bond motifs is 1. The van der Waals surface area contributed by atoms with Crippen LogP contribution in [0.5, 0.6) is 0 Å². The van der Waals surface area contributed by atoms with Crippen LogP contribution in [0.2, 0.25) is 5.02 Å². The number of benzene rings is 4. The van der Waals surface area contributed by atoms with E-state index >= 15 is 0 Å². The first kappa shape index (κ1) is 24.2. The minimum absolute atomic E-state index is 0.00193. The molecule has 2 N–H and O–H groups in total. The topological polar surface area (TPSA) is 127 Å². The van der Waals surface area contributed by atoms with Crippen LogP contribution in [0.15, 0.2) is 102 Å². The number of nitrogens with zero attached hydrogens (tertiary/aromatic N) is 3. The third-order valence-electron chi connectivity index (χ3n) is 5.46. The number of nitrogens with one attached hydrogen (secondary N) is 2. The number of sulfonamides is 1. The fourth-order valence-electron chi connectivity index (χ4n) is 3.65. The van der Waals surface area contributed by atoms with Gasteiger partial charge in [0.15, 0.2) is 11.6 Å². The standard InChI is InChI=1S/C26H18ClN5O4S/c27-19-10-14-22(15-11-19)37(35,36)31-26-25(29-23-6-1-2-7-24(23)30-26)28-20-5-3-4-18(16-20)17-8-12-21(13-9-17)32(33)34/h1-16H,(H,28,29)(H,30,31). The zero-order valence-corrected chi connectivity index (χ0v) is 20.6. The van der Waals surface area contributed by atoms with Gasteiger partial charge in [-0.05, 0) is 71.8 Å². The van der Waals surface area contributed by atoms with E-state index in [1.807, 2.05) is 24.3 Å². The van der Waals surface area contributed by atoms with Crippen molar-refractivity contribution < 1.29 is 13.3 Å². The van der Waals surface area contributed by atoms with Crippen LogP contribution in [0, 0.1) is 10.1 Å². The summed E-state index contributed by atoms with van der Waals surface area (Å²) in [5, 5.41) is 14.5. The van der Waals surface area contributed by atoms with Gasteiger partial charge in [-0.2, -0.15) is 0 Å². The molecule has 0 aliphatic rings. The summed E-state index contributed by atoms with van der Waals surface area (Å²) in [5.41, 5.74) is 3.29. The molecule has 4 aromatic carbocycles. The number of non-ortho nitro benzene ring substituents is 1. The Morgan fingerprint density at radius 3 is 2.05 bits per heavy atom. The number of nitro benzene ring substituents is 1. The van der Waals surface area contributed by atoms with Crippen LogP contribution in [-0.4, -0.2) is 23.3 Å². The van der Waals surface area contributed by atoms with Gasteiger partial charge in [0.25, 0.3) is 15.7 Å². The second-order valence-corrected chi connectivity index (χ2v) is 10.1. The van der Waals surface area contributed by atoms with E-state index in [0.717, 1.165) is 11.1 Å². The Morgan fingerprint density at radius 2 is 1.41 bits per heavy atom. The SMILES string of the molecule is O=[N+]([O-])c1ccc(-c2cccc(Nc3nc4ccccc4nc3NS(=O)(=O)c3ccc(Cl)cc3)c2)cc1. The highest BCUT2D eigenvalue weighted by Gasteiger charge is 2.19. The van der Waals surface area contributed by atoms with Gasteiger partial charge in [-0.1, -0.05) is 35.9 Å². The summed E-state index contributed by atoms with van der Waals surface area (Å²) in [6, 6.07) is 26.4. The van der Waals surface area contributed by atoms with Gasteiger partial charge in [0.05, 0.1) is 20.9 Å². The summed E-state index contributed by atoms with van der Waals surface area (Å²) in [6.45, 7) is 0. The van der Waals surface area contributed by atoms with E-state index in [-0.39, 0.29) is 22.2 Å². The molecule has 1 aromatic heterocycles. The van der Waals surface area contributed by atoms with Crippen molar-refractivity contribution in [1.82, 2.24) is 9.97 Å². The Kier molecular flexibility index (Phi) is 6.43. The highest BCUT2D eigenvalue weighted by atomic mass is 35.5. The molecule has 5 rings (SSSR count). The summed E-state index contributed by atoms with van der Waals surface area (Å²) in [6.07, 6.45) is 0. The number of anilines is 3. The molecule has 0 spiro atoms. The molecule has 0 aliphatic heterocycles. The molecular weight excluding hydrogens is 514 g/mol. The van der Waals surface area contributed by atoms with Crippen LogP contribution in [0.3, 0.4) is 0 Å². The van der Waals surface area contributed by atoms with Crippen molar-refractivity contribution in [1.29, 1.82) is 0 Å². The molecule has 5 aromatic rings. The van der Waals surface area contributed by atoms with E-state index in [9.17, 15) is 18.5 Å². The summed E-state index contributed by atoms with van der Waals surface area (Å²) >= 11 is 5.90. The number of para-hydroxylation sites is 2. The Morgan fingerprint density at radius 1 is 0.757 bits per heavy atom. The van der Waals surface area contributed by atoms with Gasteiger partial charge in [0.2, 0.25) is 0 Å². The van der Waals surface area contributed by atoms with Gasteiger partial charge in [-0.25, -0.2) is 18.4 Å². The Hall–Kier alpha value is -4.54. The normalized spacial score (nSPS) is 11.3. The Balaban J connectivity index is 1.51. The van der Waals surface area contributed by atoms with Crippen molar-refractivity contribution in [3.8, 4) is 11.1 Å². The molecule has 0 unspecified atom stereocenters. The number of aromatic nitrogens is 2. The minimum Gasteiger partial charge on any atom is -0.337 e. The number of nitro groups is 1. The lowest BCUT2D eigenvalue weighted by atomic mass is 10.0. The predicted octanol–water partition coefficient (Wildman–Crippen LogP) is 6.40. The lowest BCUT2D eigenvalue weighted by molar-refractivity contribution is -0.384. The summed E-state index contributed by atoms with van der Waals surface area (Å²) in [5.74, 6) is 0.228. The van der Waals surface area contributed by atoms with Crippen molar-refractivity contribution in [3.05, 3.63) is 112 Å². The quantitative estimate of drug-likeness (QED) is 0.183. The van der Waals surface area contributed by atoms with Crippen molar-refractivity contribution in [2.24, 2.45) is 0 Å². The average molecular weight is 532 g/mol. The average Bonchev–Trinajstić information content (AvgIpc) is 2.89. The molecule has 0 radical (unpaired) electrons. The second kappa shape index (κ2) is 9.84. The van der Waals surface area contributed by atoms with E-state index in [0.29, 0.717) is 21.7 Å². The number of hydrogen-bond donors (Lipinski definition) is 2. The summed E-state index contributed by atoms with van der Waals surface area (Å²) < 4.78 is 28.7. The smallest absolute Gasteiger partial charge is 0.269 e. The van der Waals surface area contributed by atoms with Gasteiger partial charge in [0, 0.05) is 22.8 Å². The Bertz CT molecular complexity index is 1730. The predicted molar refractivity (Wildman–Crippen MR) is 144 cm³/mol. The lowest BCUT2D eigenvalue weighted by Gasteiger charge is -2.14. The monoisotopic (exact) mass is 531 g/mol. The molecule has 184 valence electrons. The Labute approximate surface area is 217 Å². The molecule has 0 saturated heterocycles. The molecular formula is C26H18ClN5O4S. The largest absolute Gasteiger partial charge is 0.337 e. The fourth-order valence-corrected chi connectivity index (χ4v) is 4.78. The van der Waals surface area contributed by atoms with E-state index in [4.69, 9.17) is 11.6 Å². The molecule has 0 atom stereocenters. The number of hydrogen-bond acceptors (Lipinski definition) is 7. The molecule has 9 nitrogen and oxygen atoms in total. The van der Waals surface area contributed by atoms with Gasteiger partial charge in [-0.15, -0.1) is 0 Å². The maximum absolute atomic E-state index is 13.1. The van der Waals surface area contributed by atoms with Gasteiger partial charge < -0.3 is 5.32 Å². The maximum Gasteiger partial charge on any atom is 0.269 e. The van der Waals surface area contributed by atoms with E-state index in [1.165, 1.54) is 36.4 Å². The molecule has 37 heavy (non-hydrogen) atoms. The second-order valence-electron chi connectivity index (χ2n) is 7.98. The number of rotatable bonds is 7. The van der Waals surface area contributed by atoms with Crippen LogP contribution in [0.25, 0.3) is 22.2 Å². The van der Waals surface area contributed by atoms with Crippen molar-refractivity contribution in [3.63, 3.8) is 0 Å². The van der Waals surface area contributed by atoms with Crippen LogP contribution in [0.4, 0.5) is 23.0 Å².